The van der Waals surface area contributed by atoms with Gasteiger partial charge < -0.3 is 10.6 Å². The lowest BCUT2D eigenvalue weighted by Crippen LogP contribution is -2.39. The summed E-state index contributed by atoms with van der Waals surface area (Å²) >= 11 is 0. The summed E-state index contributed by atoms with van der Waals surface area (Å²) in [6.45, 7) is 8.28. The Hall–Kier alpha value is -1.61. The number of benzene rings is 2. The zero-order valence-corrected chi connectivity index (χ0v) is 20.5. The number of nitrogens with one attached hydrogen (secondary N) is 2. The molecular formula is C22H32IN3O2S. The second kappa shape index (κ2) is 12.2. The smallest absolute Gasteiger partial charge is 0.191 e. The molecule has 0 aliphatic rings. The second-order valence-electron chi connectivity index (χ2n) is 7.36. The minimum Gasteiger partial charge on any atom is -0.357 e. The Kier molecular flexibility index (Phi) is 10.7. The third-order valence-corrected chi connectivity index (χ3v) is 6.33. The number of rotatable bonds is 9. The molecule has 2 aromatic carbocycles. The SMILES string of the molecule is CCNC(=NCC(C)(C)c1ccccc1)NCCCS(=O)(=O)c1ccccc1.I. The van der Waals surface area contributed by atoms with Gasteiger partial charge in [-0.3, -0.25) is 4.99 Å². The molecule has 0 spiro atoms. The van der Waals surface area contributed by atoms with E-state index in [0.29, 0.717) is 30.4 Å². The van der Waals surface area contributed by atoms with E-state index in [0.717, 1.165) is 6.54 Å². The zero-order chi connectivity index (χ0) is 20.5. The van der Waals surface area contributed by atoms with E-state index >= 15 is 0 Å². The maximum atomic E-state index is 12.3. The highest BCUT2D eigenvalue weighted by atomic mass is 127. The largest absolute Gasteiger partial charge is 0.357 e. The summed E-state index contributed by atoms with van der Waals surface area (Å²) in [6, 6.07) is 18.9. The highest BCUT2D eigenvalue weighted by molar-refractivity contribution is 14.0. The predicted molar refractivity (Wildman–Crippen MR) is 132 cm³/mol. The fraction of sp³-hybridized carbons (Fsp3) is 0.409. The lowest BCUT2D eigenvalue weighted by atomic mass is 9.85. The molecule has 0 unspecified atom stereocenters. The van der Waals surface area contributed by atoms with E-state index < -0.39 is 9.84 Å². The summed E-state index contributed by atoms with van der Waals surface area (Å²) in [6.07, 6.45) is 0.518. The van der Waals surface area contributed by atoms with Crippen LogP contribution in [0.1, 0.15) is 32.8 Å². The van der Waals surface area contributed by atoms with Gasteiger partial charge in [0, 0.05) is 18.5 Å². The summed E-state index contributed by atoms with van der Waals surface area (Å²) in [7, 11) is -3.24. The maximum absolute atomic E-state index is 12.3. The van der Waals surface area contributed by atoms with Gasteiger partial charge in [-0.25, -0.2) is 8.42 Å². The topological polar surface area (TPSA) is 70.6 Å². The molecule has 2 aromatic rings. The molecular weight excluding hydrogens is 497 g/mol. The number of nitrogens with zero attached hydrogens (tertiary/aromatic N) is 1. The first-order valence-corrected chi connectivity index (χ1v) is 11.4. The molecule has 5 nitrogen and oxygen atoms in total. The van der Waals surface area contributed by atoms with Gasteiger partial charge in [-0.1, -0.05) is 62.4 Å². The van der Waals surface area contributed by atoms with Crippen LogP contribution in [0.15, 0.2) is 70.6 Å². The Labute approximate surface area is 192 Å². The van der Waals surface area contributed by atoms with E-state index in [4.69, 9.17) is 4.99 Å². The molecule has 2 N–H and O–H groups in total. The molecule has 0 heterocycles. The van der Waals surface area contributed by atoms with Gasteiger partial charge in [0.15, 0.2) is 15.8 Å². The highest BCUT2D eigenvalue weighted by Gasteiger charge is 2.20. The van der Waals surface area contributed by atoms with Crippen LogP contribution in [0.25, 0.3) is 0 Å². The quantitative estimate of drug-likeness (QED) is 0.223. The van der Waals surface area contributed by atoms with Crippen molar-refractivity contribution < 1.29 is 8.42 Å². The molecule has 160 valence electrons. The van der Waals surface area contributed by atoms with Gasteiger partial charge >= 0.3 is 0 Å². The minimum absolute atomic E-state index is 0. The van der Waals surface area contributed by atoms with Crippen LogP contribution in [0.4, 0.5) is 0 Å². The summed E-state index contributed by atoms with van der Waals surface area (Å²) in [5.41, 5.74) is 1.16. The van der Waals surface area contributed by atoms with Crippen LogP contribution >= 0.6 is 24.0 Å². The van der Waals surface area contributed by atoms with Crippen molar-refractivity contribution in [1.29, 1.82) is 0 Å². The summed E-state index contributed by atoms with van der Waals surface area (Å²) in [4.78, 5) is 5.07. The normalized spacial score (nSPS) is 12.2. The average molecular weight is 529 g/mol. The van der Waals surface area contributed by atoms with E-state index in [1.807, 2.05) is 31.2 Å². The van der Waals surface area contributed by atoms with E-state index in [1.165, 1.54) is 5.56 Å². The van der Waals surface area contributed by atoms with Crippen molar-refractivity contribution in [3.8, 4) is 0 Å². The van der Waals surface area contributed by atoms with Crippen molar-refractivity contribution in [3.63, 3.8) is 0 Å². The lowest BCUT2D eigenvalue weighted by Gasteiger charge is -2.24. The fourth-order valence-electron chi connectivity index (χ4n) is 2.81. The number of hydrogen-bond acceptors (Lipinski definition) is 3. The van der Waals surface area contributed by atoms with Gasteiger partial charge in [0.2, 0.25) is 0 Å². The van der Waals surface area contributed by atoms with Crippen LogP contribution in [0.2, 0.25) is 0 Å². The number of aliphatic imine (C=N–C) groups is 1. The third kappa shape index (κ3) is 8.34. The van der Waals surface area contributed by atoms with Crippen LogP contribution in [0, 0.1) is 0 Å². The standard InChI is InChI=1S/C22H31N3O2S.HI/c1-4-23-21(25-18-22(2,3)19-12-7-5-8-13-19)24-16-11-17-28(26,27)20-14-9-6-10-15-20;/h5-10,12-15H,4,11,16-18H2,1-3H3,(H2,23,24,25);1H. The first-order chi connectivity index (χ1) is 13.3. The monoisotopic (exact) mass is 529 g/mol. The first-order valence-electron chi connectivity index (χ1n) is 9.71. The molecule has 29 heavy (non-hydrogen) atoms. The van der Waals surface area contributed by atoms with E-state index in [9.17, 15) is 8.42 Å². The van der Waals surface area contributed by atoms with E-state index in [1.54, 1.807) is 24.3 Å². The third-order valence-electron chi connectivity index (χ3n) is 4.52. The van der Waals surface area contributed by atoms with Crippen LogP contribution in [0.3, 0.4) is 0 Å². The van der Waals surface area contributed by atoms with Crippen LogP contribution < -0.4 is 10.6 Å². The average Bonchev–Trinajstić information content (AvgIpc) is 2.70. The van der Waals surface area contributed by atoms with Gasteiger partial charge in [0.1, 0.15) is 0 Å². The molecule has 7 heteroatoms. The predicted octanol–water partition coefficient (Wildman–Crippen LogP) is 4.00. The van der Waals surface area contributed by atoms with Crippen molar-refractivity contribution in [3.05, 3.63) is 66.2 Å². The van der Waals surface area contributed by atoms with Gasteiger partial charge in [-0.15, -0.1) is 24.0 Å². The van der Waals surface area contributed by atoms with Crippen molar-refractivity contribution in [2.24, 2.45) is 4.99 Å². The number of sulfone groups is 1. The van der Waals surface area contributed by atoms with Gasteiger partial charge in [0.25, 0.3) is 0 Å². The Balaban J connectivity index is 0.00000420. The zero-order valence-electron chi connectivity index (χ0n) is 17.4. The van der Waals surface area contributed by atoms with E-state index in [-0.39, 0.29) is 35.1 Å². The molecule has 0 amide bonds. The first kappa shape index (κ1) is 25.4. The summed E-state index contributed by atoms with van der Waals surface area (Å²) in [5, 5.41) is 6.47. The van der Waals surface area contributed by atoms with Crippen molar-refractivity contribution in [2.75, 3.05) is 25.4 Å². The number of guanidine groups is 1. The van der Waals surface area contributed by atoms with Crippen molar-refractivity contribution in [2.45, 2.75) is 37.5 Å². The van der Waals surface area contributed by atoms with Gasteiger partial charge in [0.05, 0.1) is 17.2 Å². The molecule has 2 rings (SSSR count). The molecule has 0 atom stereocenters. The number of halogens is 1. The Morgan fingerprint density at radius 3 is 2.14 bits per heavy atom. The van der Waals surface area contributed by atoms with Gasteiger partial charge in [-0.05, 0) is 31.0 Å². The Morgan fingerprint density at radius 1 is 0.966 bits per heavy atom. The minimum atomic E-state index is -3.24. The summed E-state index contributed by atoms with van der Waals surface area (Å²) in [5.74, 6) is 0.822. The molecule has 0 radical (unpaired) electrons. The lowest BCUT2D eigenvalue weighted by molar-refractivity contribution is 0.537. The van der Waals surface area contributed by atoms with Gasteiger partial charge in [-0.2, -0.15) is 0 Å². The maximum Gasteiger partial charge on any atom is 0.191 e. The molecule has 0 aliphatic heterocycles. The molecule has 0 fully saturated rings. The molecule has 0 aliphatic carbocycles. The second-order valence-corrected chi connectivity index (χ2v) is 9.47. The fourth-order valence-corrected chi connectivity index (χ4v) is 4.15. The molecule has 0 saturated heterocycles. The molecule has 0 saturated carbocycles. The van der Waals surface area contributed by atoms with E-state index in [2.05, 4.69) is 36.6 Å². The summed E-state index contributed by atoms with van der Waals surface area (Å²) < 4.78 is 24.7. The molecule has 0 aromatic heterocycles. The Bertz CT molecular complexity index is 854. The van der Waals surface area contributed by atoms with Crippen LogP contribution in [-0.2, 0) is 15.3 Å². The Morgan fingerprint density at radius 2 is 1.55 bits per heavy atom. The van der Waals surface area contributed by atoms with Crippen LogP contribution in [0.5, 0.6) is 0 Å². The van der Waals surface area contributed by atoms with Crippen molar-refractivity contribution in [1.82, 2.24) is 10.6 Å². The molecule has 0 bridgehead atoms. The number of hydrogen-bond donors (Lipinski definition) is 2. The highest BCUT2D eigenvalue weighted by Crippen LogP contribution is 2.22. The van der Waals surface area contributed by atoms with Crippen molar-refractivity contribution >= 4 is 39.8 Å². The van der Waals surface area contributed by atoms with Crippen LogP contribution in [-0.4, -0.2) is 39.8 Å².